The van der Waals surface area contributed by atoms with Crippen molar-refractivity contribution in [3.05, 3.63) is 54.0 Å². The van der Waals surface area contributed by atoms with E-state index in [-0.39, 0.29) is 18.1 Å². The maximum absolute atomic E-state index is 13.3. The van der Waals surface area contributed by atoms with E-state index in [4.69, 9.17) is 4.74 Å². The highest BCUT2D eigenvalue weighted by atomic mass is 16.5. The van der Waals surface area contributed by atoms with Gasteiger partial charge in [0.25, 0.3) is 0 Å². The van der Waals surface area contributed by atoms with Gasteiger partial charge in [0, 0.05) is 66.7 Å². The van der Waals surface area contributed by atoms with E-state index in [1.807, 2.05) is 12.4 Å². The van der Waals surface area contributed by atoms with E-state index in [2.05, 4.69) is 70.9 Å². The number of nitrogens with one attached hydrogen (secondary N) is 1. The third kappa shape index (κ3) is 4.55. The summed E-state index contributed by atoms with van der Waals surface area (Å²) in [6.45, 7) is 10.0. The van der Waals surface area contributed by atoms with Crippen LogP contribution >= 0.6 is 0 Å². The molecule has 2 aromatic heterocycles. The standard InChI is InChI=1S/C27H34N4O2/c1-18-6-4-8-23-25(21-9-11-28-12-10-21)27(29-26(18)23)22-7-5-13-31(16-22)24(32)17-30-14-19(2)33-20(3)15-30/h4,6,8-12,19-20,22,29H,5,7,13-17H2,1-3H3. The minimum absolute atomic E-state index is 0.174. The maximum Gasteiger partial charge on any atom is 0.236 e. The van der Waals surface area contributed by atoms with Crippen LogP contribution in [0.1, 0.15) is 43.9 Å². The molecular formula is C27H34N4O2. The number of nitrogens with zero attached hydrogens (tertiary/aromatic N) is 3. The molecule has 0 saturated carbocycles. The predicted octanol–water partition coefficient (Wildman–Crippen LogP) is 4.35. The summed E-state index contributed by atoms with van der Waals surface area (Å²) in [5.41, 5.74) is 6.12. The van der Waals surface area contributed by atoms with Crippen LogP contribution in [0.5, 0.6) is 0 Å². The number of benzene rings is 1. The Kier molecular flexibility index (Phi) is 6.21. The quantitative estimate of drug-likeness (QED) is 0.647. The fraction of sp³-hybridized carbons (Fsp3) is 0.481. The van der Waals surface area contributed by atoms with Crippen LogP contribution in [0.15, 0.2) is 42.7 Å². The smallest absolute Gasteiger partial charge is 0.236 e. The molecular weight excluding hydrogens is 412 g/mol. The van der Waals surface area contributed by atoms with Crippen molar-refractivity contribution < 1.29 is 9.53 Å². The molecule has 2 fully saturated rings. The number of ether oxygens (including phenoxy) is 1. The Morgan fingerprint density at radius 2 is 1.88 bits per heavy atom. The summed E-state index contributed by atoms with van der Waals surface area (Å²) >= 11 is 0. The Bertz CT molecular complexity index is 1120. The first-order valence-corrected chi connectivity index (χ1v) is 12.2. The molecule has 2 saturated heterocycles. The van der Waals surface area contributed by atoms with Gasteiger partial charge in [-0.2, -0.15) is 0 Å². The number of likely N-dealkylation sites (tertiary alicyclic amines) is 1. The second-order valence-electron chi connectivity index (χ2n) is 9.78. The molecule has 0 bridgehead atoms. The maximum atomic E-state index is 13.3. The number of aromatic amines is 1. The van der Waals surface area contributed by atoms with Gasteiger partial charge in [-0.05, 0) is 56.9 Å². The van der Waals surface area contributed by atoms with Crippen molar-refractivity contribution in [1.82, 2.24) is 19.8 Å². The zero-order chi connectivity index (χ0) is 22.9. The summed E-state index contributed by atoms with van der Waals surface area (Å²) in [5.74, 6) is 0.527. The molecule has 5 rings (SSSR count). The van der Waals surface area contributed by atoms with Crippen molar-refractivity contribution >= 4 is 16.8 Å². The number of carbonyl (C=O) groups is 1. The molecule has 33 heavy (non-hydrogen) atoms. The van der Waals surface area contributed by atoms with E-state index in [1.165, 1.54) is 33.3 Å². The number of amides is 1. The lowest BCUT2D eigenvalue weighted by Gasteiger charge is -2.38. The fourth-order valence-electron chi connectivity index (χ4n) is 5.66. The normalized spacial score (nSPS) is 24.3. The van der Waals surface area contributed by atoms with Crippen LogP contribution in [0.3, 0.4) is 0 Å². The molecule has 0 spiro atoms. The van der Waals surface area contributed by atoms with Gasteiger partial charge in [-0.3, -0.25) is 14.7 Å². The highest BCUT2D eigenvalue weighted by molar-refractivity contribution is 5.99. The monoisotopic (exact) mass is 446 g/mol. The van der Waals surface area contributed by atoms with E-state index < -0.39 is 0 Å². The topological polar surface area (TPSA) is 61.5 Å². The Balaban J connectivity index is 1.41. The summed E-state index contributed by atoms with van der Waals surface area (Å²) < 4.78 is 5.84. The summed E-state index contributed by atoms with van der Waals surface area (Å²) in [6.07, 6.45) is 6.17. The molecule has 3 unspecified atom stereocenters. The number of morpholine rings is 1. The van der Waals surface area contributed by atoms with Gasteiger partial charge in [0.05, 0.1) is 18.8 Å². The van der Waals surface area contributed by atoms with E-state index in [1.54, 1.807) is 0 Å². The van der Waals surface area contributed by atoms with Gasteiger partial charge in [0.2, 0.25) is 5.91 Å². The molecule has 6 nitrogen and oxygen atoms in total. The van der Waals surface area contributed by atoms with Gasteiger partial charge >= 0.3 is 0 Å². The molecule has 2 aliphatic rings. The second-order valence-corrected chi connectivity index (χ2v) is 9.78. The zero-order valence-corrected chi connectivity index (χ0v) is 19.9. The third-order valence-electron chi connectivity index (χ3n) is 7.08. The number of aryl methyl sites for hydroxylation is 1. The van der Waals surface area contributed by atoms with Crippen molar-refractivity contribution in [3.63, 3.8) is 0 Å². The number of fused-ring (bicyclic) bond motifs is 1. The average molecular weight is 447 g/mol. The molecule has 0 aliphatic carbocycles. The minimum Gasteiger partial charge on any atom is -0.373 e. The van der Waals surface area contributed by atoms with Crippen LogP contribution < -0.4 is 0 Å². The Morgan fingerprint density at radius 1 is 1.12 bits per heavy atom. The van der Waals surface area contributed by atoms with E-state index >= 15 is 0 Å². The lowest BCUT2D eigenvalue weighted by molar-refractivity contribution is -0.137. The number of para-hydroxylation sites is 1. The molecule has 2 aliphatic heterocycles. The van der Waals surface area contributed by atoms with Gasteiger partial charge in [-0.25, -0.2) is 0 Å². The average Bonchev–Trinajstić information content (AvgIpc) is 3.20. The SMILES string of the molecule is Cc1cccc2c(-c3ccncc3)c(C3CCCN(C(=O)CN4CC(C)OC(C)C4)C3)[nH]c12. The van der Waals surface area contributed by atoms with E-state index in [0.717, 1.165) is 39.0 Å². The van der Waals surface area contributed by atoms with E-state index in [0.29, 0.717) is 12.5 Å². The predicted molar refractivity (Wildman–Crippen MR) is 131 cm³/mol. The number of hydrogen-bond donors (Lipinski definition) is 1. The number of hydrogen-bond acceptors (Lipinski definition) is 4. The molecule has 1 N–H and O–H groups in total. The van der Waals surface area contributed by atoms with Crippen LogP contribution in [0.25, 0.3) is 22.0 Å². The van der Waals surface area contributed by atoms with Crippen LogP contribution in [-0.2, 0) is 9.53 Å². The first-order chi connectivity index (χ1) is 16.0. The second kappa shape index (κ2) is 9.27. The fourth-order valence-corrected chi connectivity index (χ4v) is 5.66. The summed E-state index contributed by atoms with van der Waals surface area (Å²) in [4.78, 5) is 25.6. The number of piperidine rings is 1. The van der Waals surface area contributed by atoms with Crippen LogP contribution in [-0.4, -0.2) is 70.6 Å². The summed E-state index contributed by atoms with van der Waals surface area (Å²) in [6, 6.07) is 10.6. The van der Waals surface area contributed by atoms with Crippen molar-refractivity contribution in [3.8, 4) is 11.1 Å². The first-order valence-electron chi connectivity index (χ1n) is 12.2. The number of aromatic nitrogens is 2. The minimum atomic E-state index is 0.174. The van der Waals surface area contributed by atoms with Crippen molar-refractivity contribution in [2.75, 3.05) is 32.7 Å². The van der Waals surface area contributed by atoms with Crippen LogP contribution in [0.2, 0.25) is 0 Å². The summed E-state index contributed by atoms with van der Waals surface area (Å²) in [5, 5.41) is 1.25. The van der Waals surface area contributed by atoms with Gasteiger partial charge in [0.1, 0.15) is 0 Å². The first kappa shape index (κ1) is 22.1. The van der Waals surface area contributed by atoms with Gasteiger partial charge in [0.15, 0.2) is 0 Å². The highest BCUT2D eigenvalue weighted by Crippen LogP contribution is 2.40. The lowest BCUT2D eigenvalue weighted by Crippen LogP contribution is -2.51. The highest BCUT2D eigenvalue weighted by Gasteiger charge is 2.31. The van der Waals surface area contributed by atoms with Gasteiger partial charge < -0.3 is 14.6 Å². The molecule has 1 aromatic carbocycles. The molecule has 1 amide bonds. The lowest BCUT2D eigenvalue weighted by atomic mass is 9.89. The molecule has 4 heterocycles. The zero-order valence-electron chi connectivity index (χ0n) is 19.9. The van der Waals surface area contributed by atoms with Crippen molar-refractivity contribution in [1.29, 1.82) is 0 Å². The molecule has 174 valence electrons. The Hall–Kier alpha value is -2.70. The van der Waals surface area contributed by atoms with Crippen LogP contribution in [0, 0.1) is 6.92 Å². The number of carbonyl (C=O) groups excluding carboxylic acids is 1. The molecule has 6 heteroatoms. The van der Waals surface area contributed by atoms with Crippen molar-refractivity contribution in [2.45, 2.75) is 51.7 Å². The van der Waals surface area contributed by atoms with E-state index in [9.17, 15) is 4.79 Å². The van der Waals surface area contributed by atoms with Gasteiger partial charge in [-0.15, -0.1) is 0 Å². The number of rotatable bonds is 4. The molecule has 3 aromatic rings. The Labute approximate surface area is 195 Å². The van der Waals surface area contributed by atoms with Crippen LogP contribution in [0.4, 0.5) is 0 Å². The summed E-state index contributed by atoms with van der Waals surface area (Å²) in [7, 11) is 0. The molecule has 0 radical (unpaired) electrons. The largest absolute Gasteiger partial charge is 0.373 e. The van der Waals surface area contributed by atoms with Crippen molar-refractivity contribution in [2.24, 2.45) is 0 Å². The van der Waals surface area contributed by atoms with Gasteiger partial charge in [-0.1, -0.05) is 18.2 Å². The number of pyridine rings is 1. The Morgan fingerprint density at radius 3 is 2.64 bits per heavy atom. The third-order valence-corrected chi connectivity index (χ3v) is 7.08. The number of H-pyrrole nitrogens is 1. The molecule has 3 atom stereocenters.